The molecule has 4 nitrogen and oxygen atoms in total. The van der Waals surface area contributed by atoms with Crippen LogP contribution in [0.4, 0.5) is 17.6 Å². The van der Waals surface area contributed by atoms with E-state index >= 15 is 0 Å². The molecule has 0 aliphatic carbocycles. The van der Waals surface area contributed by atoms with Gasteiger partial charge in [-0.1, -0.05) is 41.9 Å². The number of aromatic nitrogens is 1. The molecule has 180 valence electrons. The number of likely N-dealkylation sites (N-methyl/N-ethyl adjacent to an activating group) is 1. The third-order valence-electron chi connectivity index (χ3n) is 5.48. The van der Waals surface area contributed by atoms with Gasteiger partial charge in [0.2, 0.25) is 5.91 Å². The van der Waals surface area contributed by atoms with Crippen molar-refractivity contribution in [2.24, 2.45) is 0 Å². The Kier molecular flexibility index (Phi) is 8.28. The third kappa shape index (κ3) is 6.55. The van der Waals surface area contributed by atoms with Crippen LogP contribution in [0.2, 0.25) is 5.02 Å². The van der Waals surface area contributed by atoms with E-state index in [1.165, 1.54) is 25.4 Å². The standard InChI is InChI=1S/C25H24ClF4N3O/c1-15-12-17(8-9-20(15)27)21(10-6-16-7-11-22(32-14-16)25(28,29)30)33-23(24(34)31-2)18-4-3-5-19(26)13-18/h3-5,7-9,11-14,21,23,33H,6,10H2,1-2H3,(H,31,34)/t21-,23+/m0/s1. The van der Waals surface area contributed by atoms with E-state index in [1.807, 2.05) is 0 Å². The van der Waals surface area contributed by atoms with Gasteiger partial charge in [-0.05, 0) is 66.3 Å². The Bertz CT molecular complexity index is 1140. The van der Waals surface area contributed by atoms with E-state index in [9.17, 15) is 22.4 Å². The predicted molar refractivity (Wildman–Crippen MR) is 123 cm³/mol. The fourth-order valence-corrected chi connectivity index (χ4v) is 3.84. The number of nitrogens with zero attached hydrogens (tertiary/aromatic N) is 1. The van der Waals surface area contributed by atoms with Crippen molar-refractivity contribution in [1.82, 2.24) is 15.6 Å². The van der Waals surface area contributed by atoms with E-state index < -0.39 is 24.0 Å². The number of rotatable bonds is 8. The smallest absolute Gasteiger partial charge is 0.358 e. The number of carbonyl (C=O) groups is 1. The second kappa shape index (κ2) is 11.0. The van der Waals surface area contributed by atoms with E-state index in [2.05, 4.69) is 15.6 Å². The average molecular weight is 494 g/mol. The fourth-order valence-electron chi connectivity index (χ4n) is 3.64. The van der Waals surface area contributed by atoms with Crippen LogP contribution in [0.15, 0.2) is 60.8 Å². The van der Waals surface area contributed by atoms with Crippen LogP contribution < -0.4 is 10.6 Å². The number of pyridine rings is 1. The van der Waals surface area contributed by atoms with Gasteiger partial charge in [-0.25, -0.2) is 4.39 Å². The first-order valence-electron chi connectivity index (χ1n) is 10.6. The molecule has 1 amide bonds. The molecule has 2 aromatic carbocycles. The van der Waals surface area contributed by atoms with Gasteiger partial charge in [0, 0.05) is 24.3 Å². The normalized spacial score (nSPS) is 13.4. The van der Waals surface area contributed by atoms with E-state index in [4.69, 9.17) is 11.6 Å². The number of carbonyl (C=O) groups excluding carboxylic acids is 1. The number of hydrogen-bond acceptors (Lipinski definition) is 3. The Morgan fingerprint density at radius 1 is 1.09 bits per heavy atom. The molecule has 1 aromatic heterocycles. The van der Waals surface area contributed by atoms with E-state index in [0.29, 0.717) is 34.6 Å². The Labute approximate surface area is 200 Å². The molecule has 0 bridgehead atoms. The van der Waals surface area contributed by atoms with Gasteiger partial charge in [0.1, 0.15) is 17.6 Å². The average Bonchev–Trinajstić information content (AvgIpc) is 2.80. The summed E-state index contributed by atoms with van der Waals surface area (Å²) >= 11 is 6.13. The van der Waals surface area contributed by atoms with Crippen LogP contribution in [-0.2, 0) is 17.4 Å². The summed E-state index contributed by atoms with van der Waals surface area (Å²) in [5, 5.41) is 6.43. The van der Waals surface area contributed by atoms with Gasteiger partial charge >= 0.3 is 6.18 Å². The highest BCUT2D eigenvalue weighted by Crippen LogP contribution is 2.29. The van der Waals surface area contributed by atoms with Gasteiger partial charge in [-0.15, -0.1) is 0 Å². The minimum absolute atomic E-state index is 0.290. The lowest BCUT2D eigenvalue weighted by Gasteiger charge is -2.26. The highest BCUT2D eigenvalue weighted by molar-refractivity contribution is 6.30. The van der Waals surface area contributed by atoms with Crippen molar-refractivity contribution in [3.8, 4) is 0 Å². The molecule has 0 spiro atoms. The van der Waals surface area contributed by atoms with Gasteiger partial charge in [0.25, 0.3) is 0 Å². The van der Waals surface area contributed by atoms with E-state index in [0.717, 1.165) is 11.6 Å². The summed E-state index contributed by atoms with van der Waals surface area (Å²) in [6, 6.07) is 12.7. The van der Waals surface area contributed by atoms with E-state index in [1.54, 1.807) is 43.3 Å². The molecule has 3 rings (SSSR count). The zero-order valence-corrected chi connectivity index (χ0v) is 19.3. The van der Waals surface area contributed by atoms with Gasteiger partial charge < -0.3 is 5.32 Å². The Balaban J connectivity index is 1.89. The lowest BCUT2D eigenvalue weighted by atomic mass is 9.95. The highest BCUT2D eigenvalue weighted by atomic mass is 35.5. The molecule has 0 aliphatic heterocycles. The zero-order chi connectivity index (χ0) is 24.9. The monoisotopic (exact) mass is 493 g/mol. The van der Waals surface area contributed by atoms with Crippen LogP contribution in [0.25, 0.3) is 0 Å². The Morgan fingerprint density at radius 2 is 1.85 bits per heavy atom. The lowest BCUT2D eigenvalue weighted by Crippen LogP contribution is -2.38. The van der Waals surface area contributed by atoms with Crippen molar-refractivity contribution >= 4 is 17.5 Å². The van der Waals surface area contributed by atoms with Crippen molar-refractivity contribution in [3.63, 3.8) is 0 Å². The summed E-state index contributed by atoms with van der Waals surface area (Å²) in [5.74, 6) is -0.644. The molecule has 3 aromatic rings. The molecule has 34 heavy (non-hydrogen) atoms. The van der Waals surface area contributed by atoms with E-state index in [-0.39, 0.29) is 11.7 Å². The Hall–Kier alpha value is -2.97. The van der Waals surface area contributed by atoms with Crippen LogP contribution in [0, 0.1) is 12.7 Å². The van der Waals surface area contributed by atoms with Crippen molar-refractivity contribution in [3.05, 3.63) is 99.6 Å². The van der Waals surface area contributed by atoms with Crippen LogP contribution >= 0.6 is 11.6 Å². The van der Waals surface area contributed by atoms with Crippen molar-refractivity contribution < 1.29 is 22.4 Å². The lowest BCUT2D eigenvalue weighted by molar-refractivity contribution is -0.141. The molecular formula is C25H24ClF4N3O. The summed E-state index contributed by atoms with van der Waals surface area (Å²) in [6.07, 6.45) is -2.50. The number of hydrogen-bond donors (Lipinski definition) is 2. The number of aryl methyl sites for hydroxylation is 2. The van der Waals surface area contributed by atoms with Gasteiger partial charge in [-0.2, -0.15) is 13.2 Å². The SMILES string of the molecule is CNC(=O)[C@H](N[C@@H](CCc1ccc(C(F)(F)F)nc1)c1ccc(F)c(C)c1)c1cccc(Cl)c1. The maximum absolute atomic E-state index is 13.9. The second-order valence-electron chi connectivity index (χ2n) is 7.92. The number of benzene rings is 2. The molecule has 0 saturated carbocycles. The van der Waals surface area contributed by atoms with Gasteiger partial charge in [0.15, 0.2) is 0 Å². The second-order valence-corrected chi connectivity index (χ2v) is 8.35. The van der Waals surface area contributed by atoms with Crippen molar-refractivity contribution in [1.29, 1.82) is 0 Å². The van der Waals surface area contributed by atoms with Gasteiger partial charge in [0.05, 0.1) is 0 Å². The predicted octanol–water partition coefficient (Wildman–Crippen LogP) is 5.95. The number of halogens is 5. The summed E-state index contributed by atoms with van der Waals surface area (Å²) < 4.78 is 52.4. The van der Waals surface area contributed by atoms with Crippen LogP contribution in [0.5, 0.6) is 0 Å². The summed E-state index contributed by atoms with van der Waals surface area (Å²) in [5.41, 5.74) is 1.49. The minimum atomic E-state index is -4.51. The molecule has 1 heterocycles. The molecule has 0 saturated heterocycles. The Morgan fingerprint density at radius 3 is 2.44 bits per heavy atom. The summed E-state index contributed by atoms with van der Waals surface area (Å²) in [7, 11) is 1.52. The molecule has 2 N–H and O–H groups in total. The molecule has 0 radical (unpaired) electrons. The molecule has 0 fully saturated rings. The van der Waals surface area contributed by atoms with Crippen LogP contribution in [-0.4, -0.2) is 17.9 Å². The quantitative estimate of drug-likeness (QED) is 0.381. The van der Waals surface area contributed by atoms with Gasteiger partial charge in [-0.3, -0.25) is 15.1 Å². The maximum Gasteiger partial charge on any atom is 0.433 e. The first-order chi connectivity index (χ1) is 16.1. The molecule has 0 aliphatic rings. The topological polar surface area (TPSA) is 54.0 Å². The van der Waals surface area contributed by atoms with Crippen molar-refractivity contribution in [2.75, 3.05) is 7.05 Å². The third-order valence-corrected chi connectivity index (χ3v) is 5.71. The first kappa shape index (κ1) is 25.6. The zero-order valence-electron chi connectivity index (χ0n) is 18.6. The largest absolute Gasteiger partial charge is 0.433 e. The molecule has 2 atom stereocenters. The summed E-state index contributed by atoms with van der Waals surface area (Å²) in [4.78, 5) is 16.2. The number of amides is 1. The molecule has 0 unspecified atom stereocenters. The van der Waals surface area contributed by atoms with Crippen LogP contribution in [0.1, 0.15) is 46.5 Å². The van der Waals surface area contributed by atoms with Crippen molar-refractivity contribution in [2.45, 2.75) is 38.0 Å². The first-order valence-corrected chi connectivity index (χ1v) is 11.0. The highest BCUT2D eigenvalue weighted by Gasteiger charge is 2.32. The molecule has 9 heteroatoms. The summed E-state index contributed by atoms with van der Waals surface area (Å²) in [6.45, 7) is 1.64. The number of alkyl halides is 3. The van der Waals surface area contributed by atoms with Crippen LogP contribution in [0.3, 0.4) is 0 Å². The molecular weight excluding hydrogens is 470 g/mol. The number of nitrogens with one attached hydrogen (secondary N) is 2. The maximum atomic E-state index is 13.9. The minimum Gasteiger partial charge on any atom is -0.358 e. The fraction of sp³-hybridized carbons (Fsp3) is 0.280.